The van der Waals surface area contributed by atoms with Crippen molar-refractivity contribution in [2.24, 2.45) is 0 Å². The van der Waals surface area contributed by atoms with Gasteiger partial charge in [0, 0.05) is 51.6 Å². The monoisotopic (exact) mass is 406 g/mol. The van der Waals surface area contributed by atoms with Crippen LogP contribution in [0.1, 0.15) is 17.8 Å². The van der Waals surface area contributed by atoms with Crippen LogP contribution in [0.25, 0.3) is 11.7 Å². The summed E-state index contributed by atoms with van der Waals surface area (Å²) < 4.78 is 6.80. The van der Waals surface area contributed by atoms with E-state index in [1.807, 2.05) is 23.1 Å². The fraction of sp³-hybridized carbons (Fsp3) is 0.364. The first kappa shape index (κ1) is 20.0. The molecule has 0 bridgehead atoms. The normalized spacial score (nSPS) is 15.2. The predicted molar refractivity (Wildman–Crippen MR) is 114 cm³/mol. The molecule has 1 saturated heterocycles. The van der Waals surface area contributed by atoms with Crippen molar-refractivity contribution >= 4 is 17.6 Å². The predicted octanol–water partition coefficient (Wildman–Crippen LogP) is 1.92. The summed E-state index contributed by atoms with van der Waals surface area (Å²) in [5, 5.41) is 12.6. The number of hydrogen-bond acceptors (Lipinski definition) is 6. The van der Waals surface area contributed by atoms with E-state index in [4.69, 9.17) is 4.74 Å². The number of aromatic nitrogens is 4. The standard InChI is InChI=1S/C22H26N6O2/c1-30-21-11-9-19-23-24-20(28(19)25-21)10-12-22(29)27-16-14-26(15-17-27)13-5-8-18-6-3-2-4-7-18/h2-9,11H,10,12-17H2,1H3/b8-5+. The van der Waals surface area contributed by atoms with E-state index >= 15 is 0 Å². The second-order valence-electron chi connectivity index (χ2n) is 7.26. The van der Waals surface area contributed by atoms with Crippen LogP contribution in [-0.4, -0.2) is 75.4 Å². The van der Waals surface area contributed by atoms with E-state index in [0.29, 0.717) is 30.2 Å². The molecular weight excluding hydrogens is 380 g/mol. The Kier molecular flexibility index (Phi) is 6.34. The van der Waals surface area contributed by atoms with E-state index in [2.05, 4.69) is 44.5 Å². The van der Waals surface area contributed by atoms with Crippen molar-refractivity contribution < 1.29 is 9.53 Å². The van der Waals surface area contributed by atoms with Gasteiger partial charge >= 0.3 is 0 Å². The summed E-state index contributed by atoms with van der Waals surface area (Å²) in [6.45, 7) is 4.18. The van der Waals surface area contributed by atoms with Crippen LogP contribution in [-0.2, 0) is 11.2 Å². The minimum absolute atomic E-state index is 0.147. The van der Waals surface area contributed by atoms with Gasteiger partial charge in [0.25, 0.3) is 0 Å². The summed E-state index contributed by atoms with van der Waals surface area (Å²) in [7, 11) is 1.57. The third kappa shape index (κ3) is 4.83. The summed E-state index contributed by atoms with van der Waals surface area (Å²) >= 11 is 0. The molecule has 3 aromatic rings. The van der Waals surface area contributed by atoms with Crippen LogP contribution >= 0.6 is 0 Å². The SMILES string of the molecule is COc1ccc2nnc(CCC(=O)N3CCN(C/C=C/c4ccccc4)CC3)n2n1. The van der Waals surface area contributed by atoms with Crippen molar-refractivity contribution in [3.8, 4) is 5.88 Å². The molecule has 0 N–H and O–H groups in total. The molecule has 1 fully saturated rings. The van der Waals surface area contributed by atoms with Gasteiger partial charge in [-0.3, -0.25) is 9.69 Å². The van der Waals surface area contributed by atoms with E-state index in [1.54, 1.807) is 23.8 Å². The molecule has 0 radical (unpaired) electrons. The number of amides is 1. The third-order valence-corrected chi connectivity index (χ3v) is 5.27. The maximum absolute atomic E-state index is 12.6. The van der Waals surface area contributed by atoms with Gasteiger partial charge in [0.15, 0.2) is 11.5 Å². The van der Waals surface area contributed by atoms with Crippen molar-refractivity contribution in [2.45, 2.75) is 12.8 Å². The van der Waals surface area contributed by atoms with Crippen LogP contribution in [0, 0.1) is 0 Å². The lowest BCUT2D eigenvalue weighted by Crippen LogP contribution is -2.48. The van der Waals surface area contributed by atoms with E-state index in [1.165, 1.54) is 5.56 Å². The highest BCUT2D eigenvalue weighted by Crippen LogP contribution is 2.11. The van der Waals surface area contributed by atoms with Gasteiger partial charge in [0.05, 0.1) is 7.11 Å². The average molecular weight is 406 g/mol. The molecule has 3 heterocycles. The average Bonchev–Trinajstić information content (AvgIpc) is 3.20. The smallest absolute Gasteiger partial charge is 0.231 e. The zero-order chi connectivity index (χ0) is 20.8. The van der Waals surface area contributed by atoms with Gasteiger partial charge in [0.1, 0.15) is 0 Å². The van der Waals surface area contributed by atoms with Crippen LogP contribution in [0.2, 0.25) is 0 Å². The lowest BCUT2D eigenvalue weighted by molar-refractivity contribution is -0.132. The summed E-state index contributed by atoms with van der Waals surface area (Å²) in [6.07, 6.45) is 5.22. The van der Waals surface area contributed by atoms with E-state index in [0.717, 1.165) is 32.7 Å². The summed E-state index contributed by atoms with van der Waals surface area (Å²) in [5.74, 6) is 1.31. The molecule has 1 amide bonds. The van der Waals surface area contributed by atoms with Crippen LogP contribution < -0.4 is 4.74 Å². The third-order valence-electron chi connectivity index (χ3n) is 5.27. The molecule has 0 unspecified atom stereocenters. The molecule has 0 saturated carbocycles. The Labute approximate surface area is 175 Å². The fourth-order valence-corrected chi connectivity index (χ4v) is 3.54. The quantitative estimate of drug-likeness (QED) is 0.597. The number of carbonyl (C=O) groups excluding carboxylic acids is 1. The van der Waals surface area contributed by atoms with E-state index in [9.17, 15) is 4.79 Å². The molecular formula is C22H26N6O2. The Morgan fingerprint density at radius 1 is 1.07 bits per heavy atom. The Morgan fingerprint density at radius 2 is 1.87 bits per heavy atom. The topological polar surface area (TPSA) is 75.9 Å². The van der Waals surface area contributed by atoms with Crippen molar-refractivity contribution in [1.29, 1.82) is 0 Å². The lowest BCUT2D eigenvalue weighted by Gasteiger charge is -2.34. The van der Waals surface area contributed by atoms with Gasteiger partial charge in [-0.25, -0.2) is 0 Å². The number of benzene rings is 1. The van der Waals surface area contributed by atoms with Crippen LogP contribution in [0.15, 0.2) is 48.5 Å². The highest BCUT2D eigenvalue weighted by molar-refractivity contribution is 5.76. The lowest BCUT2D eigenvalue weighted by atomic mass is 10.2. The van der Waals surface area contributed by atoms with Gasteiger partial charge in [-0.15, -0.1) is 15.3 Å². The molecule has 0 atom stereocenters. The first-order valence-corrected chi connectivity index (χ1v) is 10.2. The van der Waals surface area contributed by atoms with Gasteiger partial charge in [0.2, 0.25) is 11.8 Å². The van der Waals surface area contributed by atoms with Gasteiger partial charge in [-0.1, -0.05) is 42.5 Å². The zero-order valence-corrected chi connectivity index (χ0v) is 17.1. The minimum Gasteiger partial charge on any atom is -0.480 e. The summed E-state index contributed by atoms with van der Waals surface area (Å²) in [4.78, 5) is 17.0. The maximum atomic E-state index is 12.6. The number of fused-ring (bicyclic) bond motifs is 1. The first-order valence-electron chi connectivity index (χ1n) is 10.2. The Hall–Kier alpha value is -3.26. The zero-order valence-electron chi connectivity index (χ0n) is 17.1. The summed E-state index contributed by atoms with van der Waals surface area (Å²) in [5.41, 5.74) is 1.86. The molecule has 30 heavy (non-hydrogen) atoms. The Morgan fingerprint density at radius 3 is 2.63 bits per heavy atom. The van der Waals surface area contributed by atoms with Gasteiger partial charge < -0.3 is 9.64 Å². The van der Waals surface area contributed by atoms with Crippen molar-refractivity contribution in [3.05, 3.63) is 59.9 Å². The molecule has 1 aliphatic rings. The number of piperazine rings is 1. The highest BCUT2D eigenvalue weighted by atomic mass is 16.5. The van der Waals surface area contributed by atoms with Gasteiger partial charge in [-0.05, 0) is 11.6 Å². The largest absolute Gasteiger partial charge is 0.480 e. The molecule has 2 aromatic heterocycles. The second kappa shape index (κ2) is 9.49. The number of carbonyl (C=O) groups is 1. The van der Waals surface area contributed by atoms with E-state index < -0.39 is 0 Å². The number of rotatable bonds is 7. The number of ether oxygens (including phenoxy) is 1. The molecule has 156 valence electrons. The molecule has 8 nitrogen and oxygen atoms in total. The van der Waals surface area contributed by atoms with Crippen LogP contribution in [0.4, 0.5) is 0 Å². The number of methoxy groups -OCH3 is 1. The number of hydrogen-bond donors (Lipinski definition) is 0. The maximum Gasteiger partial charge on any atom is 0.231 e. The number of nitrogens with zero attached hydrogens (tertiary/aromatic N) is 6. The minimum atomic E-state index is 0.147. The summed E-state index contributed by atoms with van der Waals surface area (Å²) in [6, 6.07) is 13.8. The Bertz CT molecular complexity index is 1010. The molecule has 0 spiro atoms. The molecule has 8 heteroatoms. The molecule has 1 aromatic carbocycles. The van der Waals surface area contributed by atoms with Crippen molar-refractivity contribution in [1.82, 2.24) is 29.6 Å². The molecule has 0 aliphatic carbocycles. The Balaban J connectivity index is 1.24. The van der Waals surface area contributed by atoms with Gasteiger partial charge in [-0.2, -0.15) is 4.52 Å². The van der Waals surface area contributed by atoms with Crippen LogP contribution in [0.5, 0.6) is 5.88 Å². The molecule has 4 rings (SSSR count). The van der Waals surface area contributed by atoms with Crippen molar-refractivity contribution in [2.75, 3.05) is 39.8 Å². The number of aryl methyl sites for hydroxylation is 1. The van der Waals surface area contributed by atoms with Crippen molar-refractivity contribution in [3.63, 3.8) is 0 Å². The highest BCUT2D eigenvalue weighted by Gasteiger charge is 2.21. The second-order valence-corrected chi connectivity index (χ2v) is 7.26. The van der Waals surface area contributed by atoms with Crippen LogP contribution in [0.3, 0.4) is 0 Å². The van der Waals surface area contributed by atoms with E-state index in [-0.39, 0.29) is 5.91 Å². The molecule has 1 aliphatic heterocycles. The first-order chi connectivity index (χ1) is 14.7. The fourth-order valence-electron chi connectivity index (χ4n) is 3.54.